The van der Waals surface area contributed by atoms with Gasteiger partial charge in [-0.05, 0) is 47.5 Å². The molecule has 4 rings (SSSR count). The van der Waals surface area contributed by atoms with Gasteiger partial charge in [0.1, 0.15) is 0 Å². The number of fused-ring (bicyclic) bond motifs is 1. The summed E-state index contributed by atoms with van der Waals surface area (Å²) in [7, 11) is 1.57. The lowest BCUT2D eigenvalue weighted by Gasteiger charge is -2.18. The normalized spacial score (nSPS) is 13.8. The zero-order chi connectivity index (χ0) is 21.8. The number of anilines is 1. The summed E-state index contributed by atoms with van der Waals surface area (Å²) >= 11 is 6.00. The Hall–Kier alpha value is -3.88. The molecule has 0 saturated heterocycles. The molecule has 152 valence electrons. The molecule has 3 aromatic rings. The Bertz CT molecular complexity index is 1270. The Morgan fingerprint density at radius 1 is 1.13 bits per heavy atom. The lowest BCUT2D eigenvalue weighted by atomic mass is 9.94. The van der Waals surface area contributed by atoms with E-state index in [2.05, 4.69) is 22.1 Å². The maximum Gasteiger partial charge on any atom is 0.259 e. The molecule has 1 aromatic heterocycles. The molecule has 0 saturated carbocycles. The number of carbonyl (C=O) groups excluding carboxylic acids is 2. The zero-order valence-corrected chi connectivity index (χ0v) is 17.4. The molecule has 0 radical (unpaired) electrons. The Morgan fingerprint density at radius 2 is 2.00 bits per heavy atom. The quantitative estimate of drug-likeness (QED) is 0.377. The molecular weight excluding hydrogens is 412 g/mol. The highest BCUT2D eigenvalue weighted by Crippen LogP contribution is 2.28. The monoisotopic (exact) mass is 428 g/mol. The minimum Gasteiger partial charge on any atom is -0.481 e. The van der Waals surface area contributed by atoms with Gasteiger partial charge in [-0.1, -0.05) is 41.6 Å². The number of rotatable bonds is 3. The fourth-order valence-electron chi connectivity index (χ4n) is 3.14. The molecule has 0 aliphatic carbocycles. The number of ketones is 1. The number of halogens is 1. The number of nitrogens with zero attached hydrogens (tertiary/aromatic N) is 1. The van der Waals surface area contributed by atoms with Gasteiger partial charge in [-0.25, -0.2) is 4.98 Å². The lowest BCUT2D eigenvalue weighted by molar-refractivity contribution is -0.112. The van der Waals surface area contributed by atoms with Gasteiger partial charge in [0.05, 0.1) is 18.4 Å². The molecule has 2 heterocycles. The first kappa shape index (κ1) is 20.4. The topological polar surface area (TPSA) is 68.3 Å². The van der Waals surface area contributed by atoms with E-state index in [1.165, 1.54) is 0 Å². The number of nitrogens with one attached hydrogen (secondary N) is 1. The molecule has 0 bridgehead atoms. The van der Waals surface area contributed by atoms with E-state index in [-0.39, 0.29) is 11.4 Å². The van der Waals surface area contributed by atoms with Crippen LogP contribution in [0.3, 0.4) is 0 Å². The van der Waals surface area contributed by atoms with Gasteiger partial charge in [0.15, 0.2) is 0 Å². The first-order valence-corrected chi connectivity index (χ1v) is 9.86. The first-order valence-electron chi connectivity index (χ1n) is 9.48. The maximum atomic E-state index is 13.0. The Labute approximate surface area is 184 Å². The van der Waals surface area contributed by atoms with Crippen LogP contribution in [0.4, 0.5) is 5.69 Å². The number of benzene rings is 2. The Morgan fingerprint density at radius 3 is 2.74 bits per heavy atom. The highest BCUT2D eigenvalue weighted by Gasteiger charge is 2.28. The number of pyridine rings is 1. The van der Waals surface area contributed by atoms with Crippen LogP contribution in [0, 0.1) is 11.8 Å². The summed E-state index contributed by atoms with van der Waals surface area (Å²) in [5.74, 6) is 5.91. The summed E-state index contributed by atoms with van der Waals surface area (Å²) in [4.78, 5) is 29.6. The van der Waals surface area contributed by atoms with E-state index in [1.807, 2.05) is 6.07 Å². The molecular formula is C25H17ClN2O3. The van der Waals surface area contributed by atoms with Crippen molar-refractivity contribution in [3.05, 3.63) is 93.6 Å². The summed E-state index contributed by atoms with van der Waals surface area (Å²) in [6.45, 7) is 0. The van der Waals surface area contributed by atoms with Gasteiger partial charge in [0, 0.05) is 34.8 Å². The second-order valence-corrected chi connectivity index (χ2v) is 7.28. The van der Waals surface area contributed by atoms with Gasteiger partial charge in [-0.15, -0.1) is 0 Å². The molecule has 5 nitrogen and oxygen atoms in total. The summed E-state index contributed by atoms with van der Waals surface area (Å²) in [6, 6.07) is 15.8. The van der Waals surface area contributed by atoms with Crippen LogP contribution in [0.2, 0.25) is 5.02 Å². The van der Waals surface area contributed by atoms with E-state index in [4.69, 9.17) is 16.3 Å². The predicted molar refractivity (Wildman–Crippen MR) is 120 cm³/mol. The summed E-state index contributed by atoms with van der Waals surface area (Å²) < 4.78 is 5.05. The van der Waals surface area contributed by atoms with Crippen LogP contribution in [0.1, 0.15) is 27.0 Å². The second-order valence-electron chi connectivity index (χ2n) is 6.84. The SMILES string of the molecule is COc1ccc(CC#Cc2ccc3c(c2)C(=O)/C(=C/c2cccc(Cl)c2)C(=O)N3)cn1. The molecule has 1 N–H and O–H groups in total. The van der Waals surface area contributed by atoms with E-state index in [1.54, 1.807) is 67.9 Å². The molecule has 1 aliphatic heterocycles. The molecule has 0 atom stereocenters. The number of carbonyl (C=O) groups is 2. The van der Waals surface area contributed by atoms with Crippen molar-refractivity contribution in [1.29, 1.82) is 0 Å². The standard InChI is InChI=1S/C25H17ClN2O3/c1-31-23-11-9-17(15-27-23)5-2-4-16-8-10-22-20(13-16)24(29)21(25(30)28-22)14-18-6-3-7-19(26)12-18/h3,6-15H,5H2,1H3,(H,28,30)/b21-14-. The van der Waals surface area contributed by atoms with Crippen LogP contribution < -0.4 is 10.1 Å². The average molecular weight is 429 g/mol. The van der Waals surface area contributed by atoms with E-state index < -0.39 is 5.91 Å². The van der Waals surface area contributed by atoms with E-state index in [0.29, 0.717) is 39.7 Å². The van der Waals surface area contributed by atoms with Crippen molar-refractivity contribution in [2.45, 2.75) is 6.42 Å². The summed E-state index contributed by atoms with van der Waals surface area (Å²) in [6.07, 6.45) is 3.77. The van der Waals surface area contributed by atoms with E-state index >= 15 is 0 Å². The van der Waals surface area contributed by atoms with Crippen LogP contribution in [0.15, 0.2) is 66.4 Å². The molecule has 6 heteroatoms. The zero-order valence-electron chi connectivity index (χ0n) is 16.6. The van der Waals surface area contributed by atoms with Gasteiger partial charge >= 0.3 is 0 Å². The predicted octanol–water partition coefficient (Wildman–Crippen LogP) is 4.56. The average Bonchev–Trinajstić information content (AvgIpc) is 2.77. The van der Waals surface area contributed by atoms with Crippen molar-refractivity contribution in [1.82, 2.24) is 4.98 Å². The maximum absolute atomic E-state index is 13.0. The molecule has 31 heavy (non-hydrogen) atoms. The highest BCUT2D eigenvalue weighted by molar-refractivity contribution is 6.36. The van der Waals surface area contributed by atoms with Crippen molar-refractivity contribution >= 4 is 35.1 Å². The van der Waals surface area contributed by atoms with Crippen LogP contribution in [-0.4, -0.2) is 23.8 Å². The van der Waals surface area contributed by atoms with Crippen molar-refractivity contribution in [2.75, 3.05) is 12.4 Å². The third-order valence-corrected chi connectivity index (χ3v) is 4.93. The number of Topliss-reactive ketones (excluding diaryl/α,β-unsaturated/α-hetero) is 1. The molecule has 0 unspecified atom stereocenters. The third-order valence-electron chi connectivity index (χ3n) is 4.69. The second kappa shape index (κ2) is 8.86. The van der Waals surface area contributed by atoms with Gasteiger partial charge in [0.2, 0.25) is 11.7 Å². The van der Waals surface area contributed by atoms with Crippen LogP contribution in [-0.2, 0) is 11.2 Å². The fraction of sp³-hybridized carbons (Fsp3) is 0.0800. The van der Waals surface area contributed by atoms with E-state index in [0.717, 1.165) is 5.56 Å². The number of amides is 1. The Balaban J connectivity index is 1.58. The lowest BCUT2D eigenvalue weighted by Crippen LogP contribution is -2.27. The number of hydrogen-bond donors (Lipinski definition) is 1. The number of ether oxygens (including phenoxy) is 1. The van der Waals surface area contributed by atoms with Crippen molar-refractivity contribution < 1.29 is 14.3 Å². The molecule has 0 fully saturated rings. The van der Waals surface area contributed by atoms with Gasteiger partial charge in [-0.2, -0.15) is 0 Å². The molecule has 1 amide bonds. The van der Waals surface area contributed by atoms with E-state index in [9.17, 15) is 9.59 Å². The van der Waals surface area contributed by atoms with Gasteiger partial charge < -0.3 is 10.1 Å². The molecule has 2 aromatic carbocycles. The molecule has 0 spiro atoms. The van der Waals surface area contributed by atoms with Crippen LogP contribution >= 0.6 is 11.6 Å². The van der Waals surface area contributed by atoms with Gasteiger partial charge in [-0.3, -0.25) is 9.59 Å². The number of hydrogen-bond acceptors (Lipinski definition) is 4. The van der Waals surface area contributed by atoms with Crippen molar-refractivity contribution in [3.63, 3.8) is 0 Å². The largest absolute Gasteiger partial charge is 0.481 e. The third kappa shape index (κ3) is 4.66. The highest BCUT2D eigenvalue weighted by atomic mass is 35.5. The van der Waals surface area contributed by atoms with Gasteiger partial charge in [0.25, 0.3) is 5.91 Å². The minimum absolute atomic E-state index is 0.0594. The fourth-order valence-corrected chi connectivity index (χ4v) is 3.33. The Kier molecular flexibility index (Phi) is 5.83. The summed E-state index contributed by atoms with van der Waals surface area (Å²) in [5, 5.41) is 3.30. The van der Waals surface area contributed by atoms with Crippen LogP contribution in [0.25, 0.3) is 6.08 Å². The number of methoxy groups -OCH3 is 1. The first-order chi connectivity index (χ1) is 15.0. The van der Waals surface area contributed by atoms with Crippen molar-refractivity contribution in [3.8, 4) is 17.7 Å². The summed E-state index contributed by atoms with van der Waals surface area (Å²) in [5.41, 5.74) is 3.27. The molecule has 1 aliphatic rings. The minimum atomic E-state index is -0.441. The number of aromatic nitrogens is 1. The van der Waals surface area contributed by atoms with Crippen LogP contribution in [0.5, 0.6) is 5.88 Å². The van der Waals surface area contributed by atoms with Crippen molar-refractivity contribution in [2.24, 2.45) is 0 Å². The smallest absolute Gasteiger partial charge is 0.259 e.